The van der Waals surface area contributed by atoms with E-state index in [9.17, 15) is 14.7 Å². The summed E-state index contributed by atoms with van der Waals surface area (Å²) in [5.41, 5.74) is 5.29. The lowest BCUT2D eigenvalue weighted by atomic mass is 10.0. The van der Waals surface area contributed by atoms with Crippen molar-refractivity contribution in [3.8, 4) is 28.0 Å². The predicted octanol–water partition coefficient (Wildman–Crippen LogP) is 7.34. The minimum Gasteiger partial charge on any atom is -0.479 e. The number of carbonyl (C=O) groups excluding carboxylic acids is 1. The molecule has 0 saturated heterocycles. The molecule has 4 nitrogen and oxygen atoms in total. The Morgan fingerprint density at radius 3 is 1.97 bits per heavy atom. The summed E-state index contributed by atoms with van der Waals surface area (Å²) < 4.78 is 5.92. The second-order valence-electron chi connectivity index (χ2n) is 8.32. The van der Waals surface area contributed by atoms with Crippen LogP contribution in [0, 0.1) is 0 Å². The Bertz CT molecular complexity index is 1310. The third-order valence-corrected chi connectivity index (χ3v) is 6.09. The number of benzene rings is 4. The molecule has 1 atom stereocenters. The largest absolute Gasteiger partial charge is 0.479 e. The highest BCUT2D eigenvalue weighted by atomic mass is 35.5. The molecule has 0 spiro atoms. The average molecular weight is 485 g/mol. The van der Waals surface area contributed by atoms with Crippen LogP contribution in [0.3, 0.4) is 0 Å². The van der Waals surface area contributed by atoms with Crippen LogP contribution in [0.15, 0.2) is 97.1 Å². The van der Waals surface area contributed by atoms with Gasteiger partial charge >= 0.3 is 5.97 Å². The van der Waals surface area contributed by atoms with Crippen LogP contribution in [-0.2, 0) is 11.2 Å². The molecule has 176 valence electrons. The van der Waals surface area contributed by atoms with Crippen LogP contribution >= 0.6 is 11.6 Å². The number of hydrogen-bond acceptors (Lipinski definition) is 3. The Labute approximate surface area is 209 Å². The van der Waals surface area contributed by atoms with Gasteiger partial charge in [0.1, 0.15) is 5.75 Å². The summed E-state index contributed by atoms with van der Waals surface area (Å²) in [7, 11) is 0. The van der Waals surface area contributed by atoms with E-state index in [1.165, 1.54) is 6.92 Å². The monoisotopic (exact) mass is 484 g/mol. The normalized spacial score (nSPS) is 11.6. The van der Waals surface area contributed by atoms with Gasteiger partial charge in [-0.05, 0) is 71.8 Å². The molecule has 0 aliphatic heterocycles. The zero-order valence-electron chi connectivity index (χ0n) is 19.3. The van der Waals surface area contributed by atoms with Crippen molar-refractivity contribution >= 4 is 23.4 Å². The molecule has 1 N–H and O–H groups in total. The number of carboxylic acid groups (broad SMARTS) is 1. The fraction of sp³-hybridized carbons (Fsp3) is 0.133. The van der Waals surface area contributed by atoms with E-state index in [1.54, 1.807) is 12.1 Å². The van der Waals surface area contributed by atoms with Crippen molar-refractivity contribution in [1.82, 2.24) is 0 Å². The number of aliphatic carboxylic acids is 1. The maximum Gasteiger partial charge on any atom is 0.344 e. The third kappa shape index (κ3) is 6.17. The van der Waals surface area contributed by atoms with E-state index < -0.39 is 12.1 Å². The summed E-state index contributed by atoms with van der Waals surface area (Å²) >= 11 is 5.97. The van der Waals surface area contributed by atoms with Crippen molar-refractivity contribution < 1.29 is 19.4 Å². The molecule has 0 fully saturated rings. The quantitative estimate of drug-likeness (QED) is 0.252. The first-order valence-electron chi connectivity index (χ1n) is 11.4. The first-order chi connectivity index (χ1) is 16.9. The first kappa shape index (κ1) is 24.2. The molecule has 4 aromatic carbocycles. The van der Waals surface area contributed by atoms with Crippen LogP contribution in [0.1, 0.15) is 29.3 Å². The lowest BCUT2D eigenvalue weighted by Gasteiger charge is -2.18. The Hall–Kier alpha value is -3.89. The predicted molar refractivity (Wildman–Crippen MR) is 139 cm³/mol. The molecule has 0 radical (unpaired) electrons. The minimum atomic E-state index is -1.09. The lowest BCUT2D eigenvalue weighted by Crippen LogP contribution is -2.28. The Kier molecular flexibility index (Phi) is 7.64. The van der Waals surface area contributed by atoms with Crippen LogP contribution in [0.5, 0.6) is 5.75 Å². The molecule has 0 aliphatic rings. The number of carbonyl (C=O) groups is 2. The summed E-state index contributed by atoms with van der Waals surface area (Å²) in [6, 6.07) is 30.6. The molecular formula is C30H25ClO4. The summed E-state index contributed by atoms with van der Waals surface area (Å²) in [6.07, 6.45) is -0.302. The number of halogens is 1. The average Bonchev–Trinajstić information content (AvgIpc) is 2.87. The summed E-state index contributed by atoms with van der Waals surface area (Å²) in [4.78, 5) is 24.2. The van der Waals surface area contributed by atoms with E-state index in [0.717, 1.165) is 27.8 Å². The fourth-order valence-corrected chi connectivity index (χ4v) is 4.04. The van der Waals surface area contributed by atoms with Gasteiger partial charge in [-0.15, -0.1) is 0 Å². The molecule has 4 aromatic rings. The molecule has 4 rings (SSSR count). The van der Waals surface area contributed by atoms with E-state index in [2.05, 4.69) is 0 Å². The molecule has 0 amide bonds. The van der Waals surface area contributed by atoms with Crippen LogP contribution < -0.4 is 4.74 Å². The van der Waals surface area contributed by atoms with Gasteiger partial charge in [0.25, 0.3) is 0 Å². The number of aryl methyl sites for hydroxylation is 1. The Balaban J connectivity index is 1.50. The summed E-state index contributed by atoms with van der Waals surface area (Å²) in [5.74, 6) is -0.965. The van der Waals surface area contributed by atoms with Crippen LogP contribution in [-0.4, -0.2) is 23.0 Å². The maximum atomic E-state index is 12.2. The highest BCUT2D eigenvalue weighted by Crippen LogP contribution is 2.29. The second kappa shape index (κ2) is 11.0. The standard InChI is InChI=1S/C30H25ClO4/c1-20(32)27-17-14-25(22-5-3-2-4-6-22)19-29(27)35-28(30(33)34)18-9-21-7-10-23(11-8-21)24-12-15-26(31)16-13-24/h2-8,10-17,19,28H,9,18H2,1H3,(H,33,34). The molecule has 0 aromatic heterocycles. The third-order valence-electron chi connectivity index (χ3n) is 5.84. The van der Waals surface area contributed by atoms with E-state index in [1.807, 2.05) is 84.9 Å². The van der Waals surface area contributed by atoms with Gasteiger partial charge in [0.2, 0.25) is 0 Å². The molecule has 0 heterocycles. The van der Waals surface area contributed by atoms with Gasteiger partial charge in [-0.25, -0.2) is 4.79 Å². The van der Waals surface area contributed by atoms with Crippen molar-refractivity contribution in [2.45, 2.75) is 25.9 Å². The zero-order valence-corrected chi connectivity index (χ0v) is 20.0. The van der Waals surface area contributed by atoms with Gasteiger partial charge in [0.15, 0.2) is 11.9 Å². The number of ether oxygens (including phenoxy) is 1. The number of hydrogen-bond donors (Lipinski definition) is 1. The van der Waals surface area contributed by atoms with Crippen LogP contribution in [0.4, 0.5) is 0 Å². The van der Waals surface area contributed by atoms with E-state index in [-0.39, 0.29) is 18.0 Å². The van der Waals surface area contributed by atoms with E-state index in [0.29, 0.717) is 17.0 Å². The number of Topliss-reactive ketones (excluding diaryl/α,β-unsaturated/α-hetero) is 1. The fourth-order valence-electron chi connectivity index (χ4n) is 3.91. The number of rotatable bonds is 9. The summed E-state index contributed by atoms with van der Waals surface area (Å²) in [6.45, 7) is 1.45. The lowest BCUT2D eigenvalue weighted by molar-refractivity contribution is -0.145. The summed E-state index contributed by atoms with van der Waals surface area (Å²) in [5, 5.41) is 10.5. The maximum absolute atomic E-state index is 12.2. The van der Waals surface area contributed by atoms with E-state index >= 15 is 0 Å². The van der Waals surface area contributed by atoms with Gasteiger partial charge in [-0.2, -0.15) is 0 Å². The molecule has 35 heavy (non-hydrogen) atoms. The number of ketones is 1. The molecule has 0 bridgehead atoms. The first-order valence-corrected chi connectivity index (χ1v) is 11.7. The Morgan fingerprint density at radius 2 is 1.37 bits per heavy atom. The minimum absolute atomic E-state index is 0.179. The highest BCUT2D eigenvalue weighted by Gasteiger charge is 2.22. The topological polar surface area (TPSA) is 63.6 Å². The second-order valence-corrected chi connectivity index (χ2v) is 8.76. The Morgan fingerprint density at radius 1 is 0.800 bits per heavy atom. The van der Waals surface area contributed by atoms with Crippen molar-refractivity contribution in [1.29, 1.82) is 0 Å². The van der Waals surface area contributed by atoms with Crippen LogP contribution in [0.2, 0.25) is 5.02 Å². The van der Waals surface area contributed by atoms with Gasteiger partial charge in [0, 0.05) is 5.02 Å². The van der Waals surface area contributed by atoms with Crippen molar-refractivity contribution in [3.05, 3.63) is 113 Å². The van der Waals surface area contributed by atoms with Gasteiger partial charge in [-0.1, -0.05) is 84.4 Å². The van der Waals surface area contributed by atoms with Crippen LogP contribution in [0.25, 0.3) is 22.3 Å². The zero-order chi connectivity index (χ0) is 24.8. The van der Waals surface area contributed by atoms with Crippen molar-refractivity contribution in [2.75, 3.05) is 0 Å². The molecule has 5 heteroatoms. The van der Waals surface area contributed by atoms with Gasteiger partial charge in [0.05, 0.1) is 5.56 Å². The molecule has 0 aliphatic carbocycles. The molecule has 1 unspecified atom stereocenters. The van der Waals surface area contributed by atoms with Crippen molar-refractivity contribution in [3.63, 3.8) is 0 Å². The molecule has 0 saturated carbocycles. The van der Waals surface area contributed by atoms with Gasteiger partial charge < -0.3 is 9.84 Å². The molecular weight excluding hydrogens is 460 g/mol. The smallest absolute Gasteiger partial charge is 0.344 e. The van der Waals surface area contributed by atoms with E-state index in [4.69, 9.17) is 16.3 Å². The number of carboxylic acids is 1. The van der Waals surface area contributed by atoms with Gasteiger partial charge in [-0.3, -0.25) is 4.79 Å². The van der Waals surface area contributed by atoms with Crippen molar-refractivity contribution in [2.24, 2.45) is 0 Å². The SMILES string of the molecule is CC(=O)c1ccc(-c2ccccc2)cc1OC(CCc1ccc(-c2ccc(Cl)cc2)cc1)C(=O)O. The highest BCUT2D eigenvalue weighted by molar-refractivity contribution is 6.30.